The second-order valence-corrected chi connectivity index (χ2v) is 12.0. The van der Waals surface area contributed by atoms with Gasteiger partial charge in [-0.3, -0.25) is 4.79 Å². The number of aliphatic hydroxyl groups excluding tert-OH is 3. The van der Waals surface area contributed by atoms with E-state index in [1.54, 1.807) is 24.3 Å². The third kappa shape index (κ3) is 6.72. The number of aliphatic hydroxyl groups is 3. The smallest absolute Gasteiger partial charge is 0.342 e. The van der Waals surface area contributed by atoms with Crippen molar-refractivity contribution >= 4 is 34.5 Å². The van der Waals surface area contributed by atoms with Crippen LogP contribution in [0.4, 0.5) is 22.7 Å². The van der Waals surface area contributed by atoms with E-state index >= 15 is 0 Å². The van der Waals surface area contributed by atoms with Crippen LogP contribution >= 0.6 is 0 Å². The van der Waals surface area contributed by atoms with Crippen LogP contribution in [0.5, 0.6) is 0 Å². The van der Waals surface area contributed by atoms with Crippen LogP contribution in [0.25, 0.3) is 0 Å². The molecular weight excluding hydrogens is 572 g/mol. The second kappa shape index (κ2) is 13.4. The first-order valence-corrected chi connectivity index (χ1v) is 15.1. The minimum atomic E-state index is -1.63. The number of hydrogen-bond acceptors (Lipinski definition) is 9. The summed E-state index contributed by atoms with van der Waals surface area (Å²) in [6.45, 7) is 10.0. The summed E-state index contributed by atoms with van der Waals surface area (Å²) in [5.41, 5.74) is 7.19. The molecule has 5 atom stereocenters. The molecule has 0 aromatic heterocycles. The largest absolute Gasteiger partial charge is 0.429 e. The predicted molar refractivity (Wildman–Crippen MR) is 173 cm³/mol. The SMILES string of the molecule is CC(C)=CCc1cc(C(=O)c2ccccc2)cc2c1Nc1c(C(=O)OC3OC(C)C(O)C(O)C3O)cccc1N2CC=C(C)C. The summed E-state index contributed by atoms with van der Waals surface area (Å²) in [5.74, 6) is -0.860. The topological polar surface area (TPSA) is 129 Å². The molecule has 4 N–H and O–H groups in total. The van der Waals surface area contributed by atoms with Gasteiger partial charge < -0.3 is 35.0 Å². The Morgan fingerprint density at radius 1 is 0.844 bits per heavy atom. The summed E-state index contributed by atoms with van der Waals surface area (Å²) in [4.78, 5) is 29.4. The van der Waals surface area contributed by atoms with Crippen molar-refractivity contribution < 1.29 is 34.4 Å². The lowest BCUT2D eigenvalue weighted by atomic mass is 9.94. The van der Waals surface area contributed by atoms with Gasteiger partial charge in [0.05, 0.1) is 34.4 Å². The lowest BCUT2D eigenvalue weighted by Gasteiger charge is -2.39. The number of carbonyl (C=O) groups is 2. The van der Waals surface area contributed by atoms with Gasteiger partial charge in [0.1, 0.15) is 18.3 Å². The van der Waals surface area contributed by atoms with Crippen molar-refractivity contribution in [2.24, 2.45) is 0 Å². The molecule has 5 unspecified atom stereocenters. The van der Waals surface area contributed by atoms with E-state index in [0.29, 0.717) is 35.5 Å². The summed E-state index contributed by atoms with van der Waals surface area (Å²) in [5, 5.41) is 34.3. The van der Waals surface area contributed by atoms with Crippen molar-refractivity contribution in [2.75, 3.05) is 16.8 Å². The molecule has 2 heterocycles. The third-order valence-corrected chi connectivity index (χ3v) is 8.04. The molecule has 9 nitrogen and oxygen atoms in total. The number of anilines is 4. The number of ketones is 1. The van der Waals surface area contributed by atoms with Crippen molar-refractivity contribution in [3.63, 3.8) is 0 Å². The number of benzene rings is 3. The highest BCUT2D eigenvalue weighted by atomic mass is 16.7. The zero-order valence-electron chi connectivity index (χ0n) is 26.2. The van der Waals surface area contributed by atoms with Crippen LogP contribution in [0.2, 0.25) is 0 Å². The first-order valence-electron chi connectivity index (χ1n) is 15.1. The number of rotatable bonds is 8. The average Bonchev–Trinajstić information content (AvgIpc) is 3.02. The summed E-state index contributed by atoms with van der Waals surface area (Å²) in [6.07, 6.45) is -2.10. The van der Waals surface area contributed by atoms with E-state index in [1.807, 2.05) is 64.1 Å². The average molecular weight is 613 g/mol. The predicted octanol–water partition coefficient (Wildman–Crippen LogP) is 5.57. The van der Waals surface area contributed by atoms with Crippen LogP contribution in [-0.4, -0.2) is 64.3 Å². The second-order valence-electron chi connectivity index (χ2n) is 12.0. The van der Waals surface area contributed by atoms with Crippen molar-refractivity contribution in [1.29, 1.82) is 0 Å². The maximum absolute atomic E-state index is 13.7. The summed E-state index contributed by atoms with van der Waals surface area (Å²) in [6, 6.07) is 18.2. The van der Waals surface area contributed by atoms with Gasteiger partial charge >= 0.3 is 5.97 Å². The van der Waals surface area contributed by atoms with Gasteiger partial charge in [0.25, 0.3) is 0 Å². The van der Waals surface area contributed by atoms with Crippen LogP contribution < -0.4 is 10.2 Å². The van der Waals surface area contributed by atoms with Gasteiger partial charge in [-0.1, -0.05) is 59.7 Å². The fourth-order valence-corrected chi connectivity index (χ4v) is 5.48. The molecule has 0 spiro atoms. The van der Waals surface area contributed by atoms with Crippen molar-refractivity contribution in [2.45, 2.75) is 71.7 Å². The molecule has 9 heteroatoms. The van der Waals surface area contributed by atoms with Gasteiger partial charge in [0.15, 0.2) is 5.78 Å². The normalized spacial score (nSPS) is 22.0. The molecule has 0 amide bonds. The van der Waals surface area contributed by atoms with E-state index in [2.05, 4.69) is 22.4 Å². The zero-order chi connectivity index (χ0) is 32.4. The molecule has 0 aliphatic carbocycles. The van der Waals surface area contributed by atoms with Gasteiger partial charge in [-0.2, -0.15) is 0 Å². The lowest BCUT2D eigenvalue weighted by Crippen LogP contribution is -2.57. The zero-order valence-corrected chi connectivity index (χ0v) is 26.2. The molecule has 1 fully saturated rings. The van der Waals surface area contributed by atoms with Crippen molar-refractivity contribution in [3.8, 4) is 0 Å². The number of para-hydroxylation sites is 1. The van der Waals surface area contributed by atoms with Crippen LogP contribution in [0, 0.1) is 0 Å². The number of hydrogen-bond donors (Lipinski definition) is 4. The minimum absolute atomic E-state index is 0.0882. The maximum atomic E-state index is 13.7. The first-order chi connectivity index (χ1) is 21.5. The van der Waals surface area contributed by atoms with Gasteiger partial charge in [0.2, 0.25) is 6.29 Å². The van der Waals surface area contributed by atoms with E-state index in [9.17, 15) is 24.9 Å². The van der Waals surface area contributed by atoms with Gasteiger partial charge in [-0.25, -0.2) is 4.79 Å². The lowest BCUT2D eigenvalue weighted by molar-refractivity contribution is -0.276. The number of nitrogens with zero attached hydrogens (tertiary/aromatic N) is 1. The van der Waals surface area contributed by atoms with Crippen LogP contribution in [0.3, 0.4) is 0 Å². The van der Waals surface area contributed by atoms with E-state index in [4.69, 9.17) is 9.47 Å². The molecule has 2 aliphatic heterocycles. The maximum Gasteiger partial charge on any atom is 0.342 e. The molecule has 0 bridgehead atoms. The van der Waals surface area contributed by atoms with Crippen molar-refractivity contribution in [1.82, 2.24) is 0 Å². The third-order valence-electron chi connectivity index (χ3n) is 8.04. The Bertz CT molecular complexity index is 1640. The number of allylic oxidation sites excluding steroid dienone is 3. The number of ether oxygens (including phenoxy) is 2. The van der Waals surface area contributed by atoms with E-state index in [1.165, 1.54) is 6.92 Å². The fraction of sp³-hybridized carbons (Fsp3) is 0.333. The Hall–Kier alpha value is -4.28. The quantitative estimate of drug-likeness (QED) is 0.147. The molecule has 0 radical (unpaired) electrons. The molecule has 3 aromatic carbocycles. The van der Waals surface area contributed by atoms with Crippen LogP contribution in [-0.2, 0) is 15.9 Å². The van der Waals surface area contributed by atoms with Crippen molar-refractivity contribution in [3.05, 3.63) is 106 Å². The molecule has 5 rings (SSSR count). The van der Waals surface area contributed by atoms with E-state index in [0.717, 1.165) is 28.1 Å². The van der Waals surface area contributed by atoms with Gasteiger partial charge in [-0.05, 0) is 70.9 Å². The molecule has 45 heavy (non-hydrogen) atoms. The van der Waals surface area contributed by atoms with Crippen LogP contribution in [0.1, 0.15) is 66.5 Å². The molecule has 3 aromatic rings. The fourth-order valence-electron chi connectivity index (χ4n) is 5.48. The molecule has 236 valence electrons. The van der Waals surface area contributed by atoms with E-state index < -0.39 is 36.7 Å². The minimum Gasteiger partial charge on any atom is -0.429 e. The number of esters is 1. The van der Waals surface area contributed by atoms with Crippen LogP contribution in [0.15, 0.2) is 84.0 Å². The Balaban J connectivity index is 1.60. The highest BCUT2D eigenvalue weighted by molar-refractivity contribution is 6.11. The summed E-state index contributed by atoms with van der Waals surface area (Å²) >= 11 is 0. The number of carbonyl (C=O) groups excluding carboxylic acids is 2. The first kappa shape index (κ1) is 32.1. The Morgan fingerprint density at radius 2 is 1.56 bits per heavy atom. The monoisotopic (exact) mass is 612 g/mol. The van der Waals surface area contributed by atoms with Gasteiger partial charge in [-0.15, -0.1) is 0 Å². The van der Waals surface area contributed by atoms with Gasteiger partial charge in [0, 0.05) is 17.7 Å². The molecule has 1 saturated heterocycles. The highest BCUT2D eigenvalue weighted by Crippen LogP contribution is 2.48. The highest BCUT2D eigenvalue weighted by Gasteiger charge is 2.44. The standard InChI is InChI=1S/C36H40N2O7/c1-20(2)14-15-24-18-25(32(40)23-10-7-6-8-11-23)19-28-29(24)37-30-26(12-9-13-27(30)38(28)17-16-21(3)4)35(43)45-36-34(42)33(41)31(39)22(5)44-36/h6-14,16,18-19,22,31,33-34,36-37,39,41-42H,15,17H2,1-5H3. The number of nitrogens with one attached hydrogen (secondary N) is 1. The number of fused-ring (bicyclic) bond motifs is 2. The Labute approximate surface area is 263 Å². The molecule has 2 aliphatic rings. The van der Waals surface area contributed by atoms with E-state index in [-0.39, 0.29) is 11.3 Å². The Morgan fingerprint density at radius 3 is 2.24 bits per heavy atom. The molecule has 0 saturated carbocycles. The summed E-state index contributed by atoms with van der Waals surface area (Å²) in [7, 11) is 0. The summed E-state index contributed by atoms with van der Waals surface area (Å²) < 4.78 is 11.1. The Kier molecular flexibility index (Phi) is 9.55. The molecular formula is C36H40N2O7.